The quantitative estimate of drug-likeness (QED) is 0.236. The molecule has 0 aliphatic rings. The fourth-order valence-corrected chi connectivity index (χ4v) is 1.32. The number of aryl methyl sites for hydroxylation is 1. The minimum Gasteiger partial charge on any atom is -0.409 e. The largest absolute Gasteiger partial charge is 0.409 e. The second-order valence-corrected chi connectivity index (χ2v) is 3.60. The molecule has 0 radical (unpaired) electrons. The van der Waals surface area contributed by atoms with E-state index in [1.807, 2.05) is 6.92 Å². The van der Waals surface area contributed by atoms with E-state index in [0.717, 1.165) is 5.56 Å². The molecule has 16 heavy (non-hydrogen) atoms. The number of oxime groups is 1. The number of anilines is 1. The van der Waals surface area contributed by atoms with Gasteiger partial charge in [0, 0.05) is 13.0 Å². The summed E-state index contributed by atoms with van der Waals surface area (Å²) in [4.78, 5) is 0. The average Bonchev–Trinajstić information content (AvgIpc) is 2.28. The molecule has 4 nitrogen and oxygen atoms in total. The predicted octanol–water partition coefficient (Wildman–Crippen LogP) is 2.07. The molecule has 0 amide bonds. The summed E-state index contributed by atoms with van der Waals surface area (Å²) in [5.41, 5.74) is 6.79. The number of rotatable bonds is 5. The highest BCUT2D eigenvalue weighted by Crippen LogP contribution is 2.15. The summed E-state index contributed by atoms with van der Waals surface area (Å²) in [6.07, 6.45) is 1.17. The number of halogens is 1. The van der Waals surface area contributed by atoms with Crippen molar-refractivity contribution >= 4 is 11.5 Å². The first kappa shape index (κ1) is 12.3. The Kier molecular flexibility index (Phi) is 4.57. The molecule has 1 aromatic carbocycles. The molecule has 88 valence electrons. The highest BCUT2D eigenvalue weighted by molar-refractivity contribution is 5.79. The molecule has 5 heteroatoms. The van der Waals surface area contributed by atoms with Crippen molar-refractivity contribution < 1.29 is 9.60 Å². The van der Waals surface area contributed by atoms with E-state index < -0.39 is 0 Å². The van der Waals surface area contributed by atoms with Crippen LogP contribution in [0.2, 0.25) is 0 Å². The van der Waals surface area contributed by atoms with E-state index in [1.54, 1.807) is 12.1 Å². The van der Waals surface area contributed by atoms with Gasteiger partial charge in [-0.05, 0) is 31.0 Å². The van der Waals surface area contributed by atoms with Crippen LogP contribution in [0.1, 0.15) is 18.4 Å². The second-order valence-electron chi connectivity index (χ2n) is 3.60. The van der Waals surface area contributed by atoms with Gasteiger partial charge in [-0.1, -0.05) is 11.2 Å². The van der Waals surface area contributed by atoms with Crippen LogP contribution in [0.5, 0.6) is 0 Å². The van der Waals surface area contributed by atoms with Gasteiger partial charge in [0.1, 0.15) is 11.7 Å². The van der Waals surface area contributed by atoms with Crippen LogP contribution in [0.15, 0.2) is 23.4 Å². The lowest BCUT2D eigenvalue weighted by Gasteiger charge is -2.07. The average molecular weight is 225 g/mol. The van der Waals surface area contributed by atoms with E-state index in [2.05, 4.69) is 10.5 Å². The van der Waals surface area contributed by atoms with E-state index in [0.29, 0.717) is 25.1 Å². The summed E-state index contributed by atoms with van der Waals surface area (Å²) in [6, 6.07) is 4.90. The Bertz CT molecular complexity index is 379. The highest BCUT2D eigenvalue weighted by Gasteiger charge is 2.01. The fraction of sp³-hybridized carbons (Fsp3) is 0.364. The normalized spacial score (nSPS) is 11.5. The SMILES string of the molecule is Cc1ccc(F)c(NCCCC(N)=NO)c1. The summed E-state index contributed by atoms with van der Waals surface area (Å²) in [5.74, 6) is -0.0825. The van der Waals surface area contributed by atoms with E-state index in [-0.39, 0.29) is 11.7 Å². The van der Waals surface area contributed by atoms with Crippen molar-refractivity contribution in [3.8, 4) is 0 Å². The lowest BCUT2D eigenvalue weighted by Crippen LogP contribution is -2.13. The number of nitrogens with one attached hydrogen (secondary N) is 1. The third kappa shape index (κ3) is 3.76. The molecule has 0 bridgehead atoms. The predicted molar refractivity (Wildman–Crippen MR) is 62.3 cm³/mol. The molecule has 0 unspecified atom stereocenters. The maximum absolute atomic E-state index is 13.3. The number of nitrogens with two attached hydrogens (primary N) is 1. The third-order valence-corrected chi connectivity index (χ3v) is 2.18. The van der Waals surface area contributed by atoms with Gasteiger partial charge in [-0.3, -0.25) is 0 Å². The molecule has 0 aliphatic heterocycles. The zero-order valence-corrected chi connectivity index (χ0v) is 9.20. The molecule has 1 aromatic rings. The van der Waals surface area contributed by atoms with Gasteiger partial charge in [-0.15, -0.1) is 0 Å². The Morgan fingerprint density at radius 1 is 1.56 bits per heavy atom. The van der Waals surface area contributed by atoms with Gasteiger partial charge in [0.05, 0.1) is 5.69 Å². The second kappa shape index (κ2) is 5.95. The number of nitrogens with zero attached hydrogens (tertiary/aromatic N) is 1. The van der Waals surface area contributed by atoms with Gasteiger partial charge in [-0.2, -0.15) is 0 Å². The first-order valence-corrected chi connectivity index (χ1v) is 5.10. The minimum absolute atomic E-state index is 0.187. The zero-order chi connectivity index (χ0) is 12.0. The number of benzene rings is 1. The molecule has 1 rings (SSSR count). The van der Waals surface area contributed by atoms with Crippen LogP contribution in [-0.2, 0) is 0 Å². The van der Waals surface area contributed by atoms with Crippen LogP contribution in [0.3, 0.4) is 0 Å². The summed E-state index contributed by atoms with van der Waals surface area (Å²) in [5, 5.41) is 14.1. The molecule has 4 N–H and O–H groups in total. The monoisotopic (exact) mass is 225 g/mol. The summed E-state index contributed by atoms with van der Waals surface area (Å²) in [6.45, 7) is 2.48. The Balaban J connectivity index is 2.40. The Morgan fingerprint density at radius 3 is 3.00 bits per heavy atom. The molecular weight excluding hydrogens is 209 g/mol. The molecule has 0 spiro atoms. The minimum atomic E-state index is -0.269. The Labute approximate surface area is 94.0 Å². The molecule has 0 atom stereocenters. The molecule has 0 aliphatic carbocycles. The van der Waals surface area contributed by atoms with Crippen molar-refractivity contribution in [2.45, 2.75) is 19.8 Å². The van der Waals surface area contributed by atoms with Crippen molar-refractivity contribution in [2.24, 2.45) is 10.9 Å². The first-order chi connectivity index (χ1) is 7.63. The fourth-order valence-electron chi connectivity index (χ4n) is 1.32. The van der Waals surface area contributed by atoms with Crippen LogP contribution >= 0.6 is 0 Å². The smallest absolute Gasteiger partial charge is 0.146 e. The highest BCUT2D eigenvalue weighted by atomic mass is 19.1. The number of hydrogen-bond donors (Lipinski definition) is 3. The molecule has 0 fully saturated rings. The third-order valence-electron chi connectivity index (χ3n) is 2.18. The summed E-state index contributed by atoms with van der Waals surface area (Å²) >= 11 is 0. The van der Waals surface area contributed by atoms with Gasteiger partial charge in [-0.25, -0.2) is 4.39 Å². The van der Waals surface area contributed by atoms with Crippen LogP contribution < -0.4 is 11.1 Å². The van der Waals surface area contributed by atoms with Gasteiger partial charge >= 0.3 is 0 Å². The molecule has 0 heterocycles. The molecule has 0 aromatic heterocycles. The van der Waals surface area contributed by atoms with Crippen LogP contribution in [0, 0.1) is 12.7 Å². The van der Waals surface area contributed by atoms with Crippen LogP contribution in [0.4, 0.5) is 10.1 Å². The first-order valence-electron chi connectivity index (χ1n) is 5.10. The van der Waals surface area contributed by atoms with Crippen LogP contribution in [-0.4, -0.2) is 17.6 Å². The topological polar surface area (TPSA) is 70.6 Å². The Morgan fingerprint density at radius 2 is 2.31 bits per heavy atom. The van der Waals surface area contributed by atoms with Crippen LogP contribution in [0.25, 0.3) is 0 Å². The van der Waals surface area contributed by atoms with Gasteiger partial charge < -0.3 is 16.3 Å². The van der Waals surface area contributed by atoms with Crippen molar-refractivity contribution in [3.05, 3.63) is 29.6 Å². The van der Waals surface area contributed by atoms with Gasteiger partial charge in [0.15, 0.2) is 0 Å². The van der Waals surface area contributed by atoms with E-state index in [4.69, 9.17) is 10.9 Å². The van der Waals surface area contributed by atoms with Gasteiger partial charge in [0.25, 0.3) is 0 Å². The van der Waals surface area contributed by atoms with Crippen molar-refractivity contribution in [2.75, 3.05) is 11.9 Å². The molecular formula is C11H16FN3O. The maximum atomic E-state index is 13.3. The zero-order valence-electron chi connectivity index (χ0n) is 9.20. The number of amidine groups is 1. The van der Waals surface area contributed by atoms with Crippen molar-refractivity contribution in [1.29, 1.82) is 0 Å². The van der Waals surface area contributed by atoms with E-state index in [1.165, 1.54) is 6.07 Å². The van der Waals surface area contributed by atoms with Gasteiger partial charge in [0.2, 0.25) is 0 Å². The standard InChI is InChI=1S/C11H16FN3O/c1-8-4-5-9(12)10(7-8)14-6-2-3-11(13)15-16/h4-5,7,14,16H,2-3,6H2,1H3,(H2,13,15). The van der Waals surface area contributed by atoms with E-state index in [9.17, 15) is 4.39 Å². The van der Waals surface area contributed by atoms with Crippen molar-refractivity contribution in [3.63, 3.8) is 0 Å². The maximum Gasteiger partial charge on any atom is 0.146 e. The summed E-state index contributed by atoms with van der Waals surface area (Å²) < 4.78 is 13.3. The molecule has 0 saturated heterocycles. The van der Waals surface area contributed by atoms with E-state index >= 15 is 0 Å². The lowest BCUT2D eigenvalue weighted by atomic mass is 10.2. The Hall–Kier alpha value is -1.78. The summed E-state index contributed by atoms with van der Waals surface area (Å²) in [7, 11) is 0. The molecule has 0 saturated carbocycles. The van der Waals surface area contributed by atoms with Crippen molar-refractivity contribution in [1.82, 2.24) is 0 Å². The lowest BCUT2D eigenvalue weighted by molar-refractivity contribution is 0.316. The number of hydrogen-bond acceptors (Lipinski definition) is 3.